The number of hydrogen-bond donors (Lipinski definition) is 2. The molecular weight excluding hydrogens is 347 g/mol. The minimum atomic E-state index is -4.24. The summed E-state index contributed by atoms with van der Waals surface area (Å²) in [6, 6.07) is 4.93. The lowest BCUT2D eigenvalue weighted by molar-refractivity contribution is 0.432. The van der Waals surface area contributed by atoms with Gasteiger partial charge in [0.1, 0.15) is 4.90 Å². The van der Waals surface area contributed by atoms with Gasteiger partial charge in [-0.3, -0.25) is 4.72 Å². The smallest absolute Gasteiger partial charge is 0.263 e. The van der Waals surface area contributed by atoms with E-state index in [-0.39, 0.29) is 10.7 Å². The Labute approximate surface area is 129 Å². The molecule has 0 heterocycles. The van der Waals surface area contributed by atoms with Crippen molar-refractivity contribution in [1.82, 2.24) is 0 Å². The van der Waals surface area contributed by atoms with Crippen LogP contribution in [0.25, 0.3) is 0 Å². The van der Waals surface area contributed by atoms with Gasteiger partial charge in [0, 0.05) is 6.07 Å². The summed E-state index contributed by atoms with van der Waals surface area (Å²) in [6.07, 6.45) is 0. The number of hydrogen-bond acceptors (Lipinski definition) is 3. The maximum Gasteiger partial charge on any atom is 0.263 e. The molecule has 0 radical (unpaired) electrons. The summed E-state index contributed by atoms with van der Waals surface area (Å²) in [5.41, 5.74) is -0.156. The fourth-order valence-corrected chi connectivity index (χ4v) is 3.29. The van der Waals surface area contributed by atoms with Gasteiger partial charge in [-0.2, -0.15) is 0 Å². The average molecular weight is 354 g/mol. The van der Waals surface area contributed by atoms with Gasteiger partial charge in [0.25, 0.3) is 10.0 Å². The van der Waals surface area contributed by atoms with Crippen molar-refractivity contribution >= 4 is 38.9 Å². The Bertz CT molecular complexity index is 812. The van der Waals surface area contributed by atoms with Crippen molar-refractivity contribution in [3.63, 3.8) is 0 Å². The molecule has 0 saturated carbocycles. The summed E-state index contributed by atoms with van der Waals surface area (Å²) in [4.78, 5) is -0.542. The molecule has 9 heteroatoms. The topological polar surface area (TPSA) is 66.4 Å². The van der Waals surface area contributed by atoms with E-state index in [2.05, 4.69) is 0 Å². The van der Waals surface area contributed by atoms with Crippen LogP contribution in [-0.4, -0.2) is 13.5 Å². The lowest BCUT2D eigenvalue weighted by Gasteiger charge is -2.10. The first-order valence-corrected chi connectivity index (χ1v) is 7.61. The number of aromatic hydroxyl groups is 1. The highest BCUT2D eigenvalue weighted by atomic mass is 35.5. The molecule has 0 aliphatic heterocycles. The Morgan fingerprint density at radius 3 is 2.38 bits per heavy atom. The number of rotatable bonds is 3. The summed E-state index contributed by atoms with van der Waals surface area (Å²) >= 11 is 11.1. The molecular formula is C12H7Cl2F2NO3S. The van der Waals surface area contributed by atoms with Gasteiger partial charge in [-0.25, -0.2) is 17.2 Å². The van der Waals surface area contributed by atoms with Crippen LogP contribution >= 0.6 is 23.2 Å². The number of anilines is 1. The van der Waals surface area contributed by atoms with Gasteiger partial charge in [0.05, 0.1) is 15.7 Å². The molecule has 0 amide bonds. The van der Waals surface area contributed by atoms with Crippen molar-refractivity contribution in [3.05, 3.63) is 52.0 Å². The van der Waals surface area contributed by atoms with Crippen molar-refractivity contribution in [2.24, 2.45) is 0 Å². The highest BCUT2D eigenvalue weighted by Crippen LogP contribution is 2.31. The summed E-state index contributed by atoms with van der Waals surface area (Å²) in [6.45, 7) is 0. The standard InChI is InChI=1S/C12H7Cl2F2NO3S/c13-7-2-4-10(11(14)12(7)16)21(19,20)17-6-1-3-9(18)8(15)5-6/h1-5,17-18H. The molecule has 0 unspecified atom stereocenters. The van der Waals surface area contributed by atoms with E-state index in [4.69, 9.17) is 28.3 Å². The normalized spacial score (nSPS) is 11.4. The van der Waals surface area contributed by atoms with Crippen LogP contribution in [-0.2, 0) is 10.0 Å². The quantitative estimate of drug-likeness (QED) is 0.651. The zero-order chi connectivity index (χ0) is 15.8. The maximum atomic E-state index is 13.5. The third-order valence-corrected chi connectivity index (χ3v) is 4.69. The number of nitrogens with one attached hydrogen (secondary N) is 1. The molecule has 0 aliphatic rings. The second-order valence-corrected chi connectivity index (χ2v) is 6.38. The third-order valence-electron chi connectivity index (χ3n) is 2.49. The fraction of sp³-hybridized carbons (Fsp3) is 0. The highest BCUT2D eigenvalue weighted by molar-refractivity contribution is 7.92. The van der Waals surface area contributed by atoms with Crippen molar-refractivity contribution in [2.45, 2.75) is 4.90 Å². The van der Waals surface area contributed by atoms with E-state index in [9.17, 15) is 17.2 Å². The molecule has 0 aromatic heterocycles. The average Bonchev–Trinajstić information content (AvgIpc) is 2.39. The summed E-state index contributed by atoms with van der Waals surface area (Å²) in [5, 5.41) is 8.04. The molecule has 2 aromatic carbocycles. The zero-order valence-electron chi connectivity index (χ0n) is 10.1. The summed E-state index contributed by atoms with van der Waals surface area (Å²) < 4.78 is 52.9. The molecule has 112 valence electrons. The monoisotopic (exact) mass is 353 g/mol. The second-order valence-electron chi connectivity index (χ2n) is 3.95. The predicted molar refractivity (Wildman–Crippen MR) is 75.3 cm³/mol. The lowest BCUT2D eigenvalue weighted by Crippen LogP contribution is -2.14. The Hall–Kier alpha value is -1.57. The lowest BCUT2D eigenvalue weighted by atomic mass is 10.3. The molecule has 0 fully saturated rings. The minimum absolute atomic E-state index is 0.156. The van der Waals surface area contributed by atoms with Crippen LogP contribution < -0.4 is 4.72 Å². The molecule has 0 bridgehead atoms. The van der Waals surface area contributed by atoms with Gasteiger partial charge >= 0.3 is 0 Å². The van der Waals surface area contributed by atoms with Gasteiger partial charge in [-0.05, 0) is 24.3 Å². The van der Waals surface area contributed by atoms with E-state index in [1.807, 2.05) is 4.72 Å². The molecule has 4 nitrogen and oxygen atoms in total. The van der Waals surface area contributed by atoms with Gasteiger partial charge in [-0.15, -0.1) is 0 Å². The minimum Gasteiger partial charge on any atom is -0.505 e. The number of phenolic OH excluding ortho intramolecular Hbond substituents is 1. The van der Waals surface area contributed by atoms with Crippen molar-refractivity contribution in [1.29, 1.82) is 0 Å². The van der Waals surface area contributed by atoms with Gasteiger partial charge in [-0.1, -0.05) is 23.2 Å². The Kier molecular flexibility index (Phi) is 4.27. The van der Waals surface area contributed by atoms with Crippen LogP contribution in [0.4, 0.5) is 14.5 Å². The first-order chi connectivity index (χ1) is 9.72. The molecule has 2 rings (SSSR count). The molecule has 0 atom stereocenters. The van der Waals surface area contributed by atoms with E-state index in [1.54, 1.807) is 0 Å². The maximum absolute atomic E-state index is 13.5. The molecule has 2 aromatic rings. The summed E-state index contributed by atoms with van der Waals surface area (Å²) in [7, 11) is -4.24. The first-order valence-electron chi connectivity index (χ1n) is 5.37. The molecule has 0 saturated heterocycles. The van der Waals surface area contributed by atoms with Crippen molar-refractivity contribution in [3.8, 4) is 5.75 Å². The Morgan fingerprint density at radius 1 is 1.10 bits per heavy atom. The van der Waals surface area contributed by atoms with E-state index in [0.717, 1.165) is 30.3 Å². The van der Waals surface area contributed by atoms with Gasteiger partial charge in [0.2, 0.25) is 0 Å². The Morgan fingerprint density at radius 2 is 1.76 bits per heavy atom. The van der Waals surface area contributed by atoms with E-state index in [0.29, 0.717) is 0 Å². The van der Waals surface area contributed by atoms with Crippen LogP contribution in [0.3, 0.4) is 0 Å². The van der Waals surface area contributed by atoms with Crippen LogP contribution in [0.15, 0.2) is 35.2 Å². The van der Waals surface area contributed by atoms with E-state index >= 15 is 0 Å². The molecule has 2 N–H and O–H groups in total. The van der Waals surface area contributed by atoms with Crippen LogP contribution in [0.5, 0.6) is 5.75 Å². The molecule has 0 aliphatic carbocycles. The van der Waals surface area contributed by atoms with Crippen molar-refractivity contribution in [2.75, 3.05) is 4.72 Å². The number of phenols is 1. The van der Waals surface area contributed by atoms with Crippen LogP contribution in [0.1, 0.15) is 0 Å². The molecule has 0 spiro atoms. The zero-order valence-corrected chi connectivity index (χ0v) is 12.4. The molecule has 21 heavy (non-hydrogen) atoms. The Balaban J connectivity index is 2.43. The second kappa shape index (κ2) is 5.67. The van der Waals surface area contributed by atoms with E-state index < -0.39 is 37.3 Å². The SMILES string of the molecule is O=S(=O)(Nc1ccc(O)c(F)c1)c1ccc(Cl)c(F)c1Cl. The summed E-state index contributed by atoms with van der Waals surface area (Å²) in [5.74, 6) is -2.71. The number of benzene rings is 2. The highest BCUT2D eigenvalue weighted by Gasteiger charge is 2.22. The fourth-order valence-electron chi connectivity index (χ4n) is 1.50. The largest absolute Gasteiger partial charge is 0.505 e. The number of sulfonamides is 1. The van der Waals surface area contributed by atoms with Crippen LogP contribution in [0.2, 0.25) is 10.0 Å². The van der Waals surface area contributed by atoms with Crippen molar-refractivity contribution < 1.29 is 22.3 Å². The van der Waals surface area contributed by atoms with Crippen LogP contribution in [0, 0.1) is 11.6 Å². The van der Waals surface area contributed by atoms with Gasteiger partial charge < -0.3 is 5.11 Å². The number of halogens is 4. The first kappa shape index (κ1) is 15.8. The van der Waals surface area contributed by atoms with E-state index in [1.165, 1.54) is 0 Å². The van der Waals surface area contributed by atoms with Gasteiger partial charge in [0.15, 0.2) is 17.4 Å². The predicted octanol–water partition coefficient (Wildman–Crippen LogP) is 3.78. The third kappa shape index (κ3) is 3.20.